The topological polar surface area (TPSA) is 60.2 Å². The Morgan fingerprint density at radius 2 is 2.12 bits per heavy atom. The Balaban J connectivity index is 3.23. The van der Waals surface area contributed by atoms with Gasteiger partial charge in [-0.05, 0) is 18.1 Å². The van der Waals surface area contributed by atoms with Crippen LogP contribution in [0.15, 0.2) is 18.2 Å². The minimum Gasteiger partial charge on any atom is -0.298 e. The third-order valence-corrected chi connectivity index (χ3v) is 2.88. The number of hydrogen-bond donors (Lipinski definition) is 0. The first-order valence-corrected chi connectivity index (χ1v) is 5.41. The van der Waals surface area contributed by atoms with E-state index in [1.54, 1.807) is 6.07 Å². The maximum Gasteiger partial charge on any atom is 0.270 e. The predicted molar refractivity (Wildman–Crippen MR) is 61.9 cm³/mol. The number of Topliss-reactive ketones (excluding diaryl/α,β-unsaturated/α-hetero) is 1. The van der Waals surface area contributed by atoms with Crippen LogP contribution < -0.4 is 0 Å². The van der Waals surface area contributed by atoms with E-state index in [4.69, 9.17) is 23.2 Å². The van der Waals surface area contributed by atoms with Crippen molar-refractivity contribution in [3.05, 3.63) is 39.4 Å². The fraction of sp³-hybridized carbons (Fsp3) is 0.300. The predicted octanol–water partition coefficient (Wildman–Crippen LogP) is 3.20. The van der Waals surface area contributed by atoms with Gasteiger partial charge in [0.1, 0.15) is 5.38 Å². The minimum absolute atomic E-state index is 0.111. The molecule has 0 aliphatic heterocycles. The lowest BCUT2D eigenvalue weighted by atomic mass is 10.1. The summed E-state index contributed by atoms with van der Waals surface area (Å²) in [6.45, 7) is 1.33. The van der Waals surface area contributed by atoms with Gasteiger partial charge in [0.05, 0.1) is 4.92 Å². The molecule has 0 radical (unpaired) electrons. The molecule has 0 bridgehead atoms. The summed E-state index contributed by atoms with van der Waals surface area (Å²) >= 11 is 11.4. The SMILES string of the molecule is CC(=O)C(Cl)c1cc(CCl)cc([N+](=O)[O-])c1. The first-order chi connectivity index (χ1) is 7.45. The molecule has 0 aromatic heterocycles. The standard InChI is InChI=1S/C10H9Cl2NO3/c1-6(14)10(12)8-2-7(5-11)3-9(4-8)13(15)16/h2-4,10H,5H2,1H3. The van der Waals surface area contributed by atoms with Crippen LogP contribution in [0, 0.1) is 10.1 Å². The molecule has 0 spiro atoms. The summed E-state index contributed by atoms with van der Waals surface area (Å²) in [5, 5.41) is 9.77. The number of carbonyl (C=O) groups is 1. The second kappa shape index (κ2) is 5.27. The number of rotatable bonds is 4. The summed E-state index contributed by atoms with van der Waals surface area (Å²) in [6, 6.07) is 4.24. The number of hydrogen-bond acceptors (Lipinski definition) is 3. The minimum atomic E-state index is -0.873. The van der Waals surface area contributed by atoms with Crippen molar-refractivity contribution in [2.75, 3.05) is 0 Å². The first-order valence-electron chi connectivity index (χ1n) is 4.44. The fourth-order valence-corrected chi connectivity index (χ4v) is 1.54. The molecule has 0 fully saturated rings. The summed E-state index contributed by atoms with van der Waals surface area (Å²) in [6.07, 6.45) is 0. The Bertz CT molecular complexity index is 434. The number of halogens is 2. The molecule has 16 heavy (non-hydrogen) atoms. The van der Waals surface area contributed by atoms with Crippen LogP contribution in [-0.4, -0.2) is 10.7 Å². The maximum absolute atomic E-state index is 11.1. The fourth-order valence-electron chi connectivity index (χ4n) is 1.26. The Labute approximate surface area is 102 Å². The highest BCUT2D eigenvalue weighted by atomic mass is 35.5. The molecule has 1 atom stereocenters. The highest BCUT2D eigenvalue weighted by molar-refractivity contribution is 6.30. The number of ketones is 1. The molecular weight excluding hydrogens is 253 g/mol. The van der Waals surface area contributed by atoms with Gasteiger partial charge in [-0.3, -0.25) is 14.9 Å². The summed E-state index contributed by atoms with van der Waals surface area (Å²) in [5.41, 5.74) is 0.858. The molecule has 0 aliphatic carbocycles. The third kappa shape index (κ3) is 2.93. The lowest BCUT2D eigenvalue weighted by Gasteiger charge is -2.07. The number of nitrogens with zero attached hydrogens (tertiary/aromatic N) is 1. The summed E-state index contributed by atoms with van der Waals surface area (Å²) < 4.78 is 0. The molecule has 0 aliphatic rings. The van der Waals surface area contributed by atoms with Crippen molar-refractivity contribution in [2.24, 2.45) is 0 Å². The highest BCUT2D eigenvalue weighted by Gasteiger charge is 2.17. The molecule has 0 heterocycles. The van der Waals surface area contributed by atoms with Crippen molar-refractivity contribution in [1.82, 2.24) is 0 Å². The van der Waals surface area contributed by atoms with E-state index < -0.39 is 10.3 Å². The normalized spacial score (nSPS) is 12.2. The van der Waals surface area contributed by atoms with Crippen molar-refractivity contribution in [1.29, 1.82) is 0 Å². The zero-order chi connectivity index (χ0) is 12.3. The van der Waals surface area contributed by atoms with E-state index in [0.717, 1.165) is 0 Å². The zero-order valence-electron chi connectivity index (χ0n) is 8.44. The van der Waals surface area contributed by atoms with Crippen LogP contribution in [-0.2, 0) is 10.7 Å². The first kappa shape index (κ1) is 12.9. The summed E-state index contributed by atoms with van der Waals surface area (Å²) in [7, 11) is 0. The monoisotopic (exact) mass is 261 g/mol. The van der Waals surface area contributed by atoms with Crippen LogP contribution in [0.4, 0.5) is 5.69 Å². The van der Waals surface area contributed by atoms with E-state index in [0.29, 0.717) is 11.1 Å². The number of alkyl halides is 2. The van der Waals surface area contributed by atoms with Gasteiger partial charge in [-0.2, -0.15) is 0 Å². The van der Waals surface area contributed by atoms with Gasteiger partial charge in [0.2, 0.25) is 0 Å². The smallest absolute Gasteiger partial charge is 0.270 e. The lowest BCUT2D eigenvalue weighted by molar-refractivity contribution is -0.385. The lowest BCUT2D eigenvalue weighted by Crippen LogP contribution is -2.03. The molecule has 4 nitrogen and oxygen atoms in total. The van der Waals surface area contributed by atoms with E-state index >= 15 is 0 Å². The number of benzene rings is 1. The van der Waals surface area contributed by atoms with Gasteiger partial charge in [0.25, 0.3) is 5.69 Å². The van der Waals surface area contributed by atoms with Crippen molar-refractivity contribution in [3.8, 4) is 0 Å². The Kier molecular flexibility index (Phi) is 4.26. The van der Waals surface area contributed by atoms with Crippen molar-refractivity contribution >= 4 is 34.7 Å². The molecule has 86 valence electrons. The molecule has 0 saturated carbocycles. The van der Waals surface area contributed by atoms with E-state index in [2.05, 4.69) is 0 Å². The number of non-ortho nitro benzene ring substituents is 1. The van der Waals surface area contributed by atoms with Gasteiger partial charge in [-0.25, -0.2) is 0 Å². The van der Waals surface area contributed by atoms with Gasteiger partial charge in [-0.15, -0.1) is 23.2 Å². The van der Waals surface area contributed by atoms with E-state index in [9.17, 15) is 14.9 Å². The molecule has 0 saturated heterocycles. The number of nitro groups is 1. The van der Waals surface area contributed by atoms with E-state index in [1.165, 1.54) is 19.1 Å². The van der Waals surface area contributed by atoms with Crippen LogP contribution in [0.5, 0.6) is 0 Å². The quantitative estimate of drug-likeness (QED) is 0.475. The molecular formula is C10H9Cl2NO3. The summed E-state index contributed by atoms with van der Waals surface area (Å²) in [5.74, 6) is -0.126. The zero-order valence-corrected chi connectivity index (χ0v) is 9.96. The van der Waals surface area contributed by atoms with Gasteiger partial charge >= 0.3 is 0 Å². The van der Waals surface area contributed by atoms with Gasteiger partial charge in [-0.1, -0.05) is 6.07 Å². The number of nitro benzene ring substituents is 1. The molecule has 1 aromatic carbocycles. The Morgan fingerprint density at radius 1 is 1.50 bits per heavy atom. The Morgan fingerprint density at radius 3 is 2.56 bits per heavy atom. The van der Waals surface area contributed by atoms with Gasteiger partial charge in [0.15, 0.2) is 5.78 Å². The molecule has 1 aromatic rings. The second-order valence-electron chi connectivity index (χ2n) is 3.30. The second-order valence-corrected chi connectivity index (χ2v) is 4.00. The number of carbonyl (C=O) groups excluding carboxylic acids is 1. The molecule has 0 N–H and O–H groups in total. The average Bonchev–Trinajstić information content (AvgIpc) is 2.27. The Hall–Kier alpha value is -1.13. The molecule has 6 heteroatoms. The van der Waals surface area contributed by atoms with Gasteiger partial charge < -0.3 is 0 Å². The van der Waals surface area contributed by atoms with Crippen LogP contribution in [0.3, 0.4) is 0 Å². The molecule has 0 amide bonds. The maximum atomic E-state index is 11.1. The third-order valence-electron chi connectivity index (χ3n) is 2.01. The average molecular weight is 262 g/mol. The van der Waals surface area contributed by atoms with Crippen LogP contribution >= 0.6 is 23.2 Å². The van der Waals surface area contributed by atoms with Crippen LogP contribution in [0.2, 0.25) is 0 Å². The van der Waals surface area contributed by atoms with Crippen LogP contribution in [0.1, 0.15) is 23.4 Å². The van der Waals surface area contributed by atoms with Crippen molar-refractivity contribution in [3.63, 3.8) is 0 Å². The largest absolute Gasteiger partial charge is 0.298 e. The highest BCUT2D eigenvalue weighted by Crippen LogP contribution is 2.27. The molecule has 1 unspecified atom stereocenters. The van der Waals surface area contributed by atoms with Crippen molar-refractivity contribution < 1.29 is 9.72 Å². The van der Waals surface area contributed by atoms with Crippen LogP contribution in [0.25, 0.3) is 0 Å². The van der Waals surface area contributed by atoms with E-state index in [1.807, 2.05) is 0 Å². The van der Waals surface area contributed by atoms with E-state index in [-0.39, 0.29) is 17.4 Å². The molecule has 1 rings (SSSR count). The summed E-state index contributed by atoms with van der Waals surface area (Å²) in [4.78, 5) is 21.2. The van der Waals surface area contributed by atoms with Gasteiger partial charge in [0, 0.05) is 18.0 Å². The van der Waals surface area contributed by atoms with Crippen molar-refractivity contribution in [2.45, 2.75) is 18.2 Å².